The molecule has 0 saturated heterocycles. The topological polar surface area (TPSA) is 49.7 Å². The fourth-order valence-electron chi connectivity index (χ4n) is 2.48. The SMILES string of the molecule is COC1=C(O)C(c2ccccc2O)=CC(C)(C(C)C)C1. The van der Waals surface area contributed by atoms with Crippen LogP contribution in [0.5, 0.6) is 5.75 Å². The van der Waals surface area contributed by atoms with Crippen molar-refractivity contribution in [2.24, 2.45) is 11.3 Å². The van der Waals surface area contributed by atoms with Gasteiger partial charge in [0.15, 0.2) is 5.76 Å². The Balaban J connectivity index is 2.61. The molecule has 0 bridgehead atoms. The van der Waals surface area contributed by atoms with E-state index >= 15 is 0 Å². The Hall–Kier alpha value is -1.90. The van der Waals surface area contributed by atoms with Gasteiger partial charge < -0.3 is 14.9 Å². The number of methoxy groups -OCH3 is 1. The van der Waals surface area contributed by atoms with Gasteiger partial charge in [0, 0.05) is 17.6 Å². The Labute approximate surface area is 120 Å². The zero-order chi connectivity index (χ0) is 14.9. The van der Waals surface area contributed by atoms with Crippen LogP contribution in [0.4, 0.5) is 0 Å². The molecular weight excluding hydrogens is 252 g/mol. The molecule has 20 heavy (non-hydrogen) atoms. The largest absolute Gasteiger partial charge is 0.507 e. The molecule has 1 aliphatic carbocycles. The molecule has 1 aromatic carbocycles. The molecular formula is C17H22O3. The third kappa shape index (κ3) is 2.40. The third-order valence-electron chi connectivity index (χ3n) is 4.29. The highest BCUT2D eigenvalue weighted by Gasteiger charge is 2.35. The number of hydrogen-bond acceptors (Lipinski definition) is 3. The van der Waals surface area contributed by atoms with E-state index in [0.29, 0.717) is 29.2 Å². The van der Waals surface area contributed by atoms with Gasteiger partial charge in [0.25, 0.3) is 0 Å². The van der Waals surface area contributed by atoms with Crippen molar-refractivity contribution in [1.82, 2.24) is 0 Å². The summed E-state index contributed by atoms with van der Waals surface area (Å²) in [4.78, 5) is 0. The van der Waals surface area contributed by atoms with Crippen molar-refractivity contribution < 1.29 is 14.9 Å². The van der Waals surface area contributed by atoms with E-state index in [9.17, 15) is 10.2 Å². The number of ether oxygens (including phenoxy) is 1. The molecule has 108 valence electrons. The predicted octanol–water partition coefficient (Wildman–Crippen LogP) is 4.26. The summed E-state index contributed by atoms with van der Waals surface area (Å²) in [7, 11) is 1.57. The minimum atomic E-state index is -0.116. The number of phenols is 1. The van der Waals surface area contributed by atoms with Gasteiger partial charge in [-0.1, -0.05) is 45.0 Å². The molecule has 0 aromatic heterocycles. The average molecular weight is 274 g/mol. The summed E-state index contributed by atoms with van der Waals surface area (Å²) < 4.78 is 5.35. The maximum absolute atomic E-state index is 10.4. The van der Waals surface area contributed by atoms with Crippen LogP contribution in [0.2, 0.25) is 0 Å². The smallest absolute Gasteiger partial charge is 0.161 e. The van der Waals surface area contributed by atoms with Gasteiger partial charge in [0.05, 0.1) is 7.11 Å². The highest BCUT2D eigenvalue weighted by atomic mass is 16.5. The first-order valence-corrected chi connectivity index (χ1v) is 6.86. The summed E-state index contributed by atoms with van der Waals surface area (Å²) in [6.07, 6.45) is 2.70. The number of aliphatic hydroxyl groups excluding tert-OH is 1. The van der Waals surface area contributed by atoms with Gasteiger partial charge in [0.1, 0.15) is 11.5 Å². The number of aromatic hydroxyl groups is 1. The second-order valence-electron chi connectivity index (χ2n) is 5.89. The fraction of sp³-hybridized carbons (Fsp3) is 0.412. The number of phenolic OH excluding ortho intramolecular Hbond substituents is 1. The van der Waals surface area contributed by atoms with Crippen LogP contribution in [0.25, 0.3) is 5.57 Å². The molecule has 0 aliphatic heterocycles. The summed E-state index contributed by atoms with van der Waals surface area (Å²) >= 11 is 0. The molecule has 0 amide bonds. The summed E-state index contributed by atoms with van der Waals surface area (Å²) in [6.45, 7) is 6.44. The molecule has 1 unspecified atom stereocenters. The second-order valence-corrected chi connectivity index (χ2v) is 5.89. The third-order valence-corrected chi connectivity index (χ3v) is 4.29. The number of para-hydroxylation sites is 1. The van der Waals surface area contributed by atoms with E-state index in [-0.39, 0.29) is 16.9 Å². The predicted molar refractivity (Wildman–Crippen MR) is 80.3 cm³/mol. The molecule has 2 rings (SSSR count). The molecule has 2 N–H and O–H groups in total. The summed E-state index contributed by atoms with van der Waals surface area (Å²) in [5.74, 6) is 1.24. The standard InChI is InChI=1S/C17H22O3/c1-11(2)17(3)9-13(16(19)15(10-17)20-4)12-7-5-6-8-14(12)18/h5-9,11,18-19H,10H2,1-4H3. The number of benzene rings is 1. The number of hydrogen-bond donors (Lipinski definition) is 2. The number of rotatable bonds is 3. The number of aliphatic hydroxyl groups is 1. The van der Waals surface area contributed by atoms with E-state index in [1.165, 1.54) is 0 Å². The monoisotopic (exact) mass is 274 g/mol. The van der Waals surface area contributed by atoms with Crippen molar-refractivity contribution in [2.45, 2.75) is 27.2 Å². The van der Waals surface area contributed by atoms with Gasteiger partial charge in [-0.2, -0.15) is 0 Å². The van der Waals surface area contributed by atoms with E-state index in [4.69, 9.17) is 4.74 Å². The quantitative estimate of drug-likeness (QED) is 0.866. The first kappa shape index (κ1) is 14.5. The van der Waals surface area contributed by atoms with Gasteiger partial charge in [-0.3, -0.25) is 0 Å². The molecule has 0 fully saturated rings. The van der Waals surface area contributed by atoms with Crippen molar-refractivity contribution >= 4 is 5.57 Å². The minimum absolute atomic E-state index is 0.116. The van der Waals surface area contributed by atoms with Crippen LogP contribution >= 0.6 is 0 Å². The van der Waals surface area contributed by atoms with E-state index in [1.54, 1.807) is 25.3 Å². The zero-order valence-corrected chi connectivity index (χ0v) is 12.5. The molecule has 0 saturated carbocycles. The lowest BCUT2D eigenvalue weighted by atomic mass is 9.71. The highest BCUT2D eigenvalue weighted by molar-refractivity contribution is 5.82. The fourth-order valence-corrected chi connectivity index (χ4v) is 2.48. The maximum Gasteiger partial charge on any atom is 0.161 e. The van der Waals surface area contributed by atoms with Crippen molar-refractivity contribution in [3.8, 4) is 5.75 Å². The minimum Gasteiger partial charge on any atom is -0.507 e. The normalized spacial score (nSPS) is 22.9. The first-order valence-electron chi connectivity index (χ1n) is 6.86. The summed E-state index contributed by atoms with van der Waals surface area (Å²) in [5, 5.41) is 20.4. The molecule has 3 heteroatoms. The Morgan fingerprint density at radius 1 is 1.20 bits per heavy atom. The lowest BCUT2D eigenvalue weighted by Gasteiger charge is -2.35. The zero-order valence-electron chi connectivity index (χ0n) is 12.5. The van der Waals surface area contributed by atoms with Gasteiger partial charge in [-0.25, -0.2) is 0 Å². The van der Waals surface area contributed by atoms with Crippen LogP contribution < -0.4 is 0 Å². The highest BCUT2D eigenvalue weighted by Crippen LogP contribution is 2.46. The van der Waals surface area contributed by atoms with E-state index < -0.39 is 0 Å². The van der Waals surface area contributed by atoms with Crippen molar-refractivity contribution in [2.75, 3.05) is 7.11 Å². The van der Waals surface area contributed by atoms with Crippen molar-refractivity contribution in [3.63, 3.8) is 0 Å². The summed E-state index contributed by atoms with van der Waals surface area (Å²) in [5.41, 5.74) is 1.16. The Bertz CT molecular complexity index is 569. The lowest BCUT2D eigenvalue weighted by Crippen LogP contribution is -2.26. The lowest BCUT2D eigenvalue weighted by molar-refractivity contribution is 0.185. The van der Waals surface area contributed by atoms with Crippen LogP contribution in [-0.2, 0) is 4.74 Å². The van der Waals surface area contributed by atoms with Gasteiger partial charge in [-0.05, 0) is 17.4 Å². The molecule has 1 atom stereocenters. The van der Waals surface area contributed by atoms with E-state index in [0.717, 1.165) is 0 Å². The number of allylic oxidation sites excluding steroid dienone is 3. The van der Waals surface area contributed by atoms with Gasteiger partial charge in [0.2, 0.25) is 0 Å². The van der Waals surface area contributed by atoms with Gasteiger partial charge >= 0.3 is 0 Å². The Morgan fingerprint density at radius 2 is 1.85 bits per heavy atom. The molecule has 3 nitrogen and oxygen atoms in total. The Morgan fingerprint density at radius 3 is 2.40 bits per heavy atom. The summed E-state index contributed by atoms with van der Waals surface area (Å²) in [6, 6.07) is 7.03. The van der Waals surface area contributed by atoms with Crippen molar-refractivity contribution in [1.29, 1.82) is 0 Å². The van der Waals surface area contributed by atoms with E-state index in [1.807, 2.05) is 12.1 Å². The molecule has 0 spiro atoms. The van der Waals surface area contributed by atoms with Crippen LogP contribution in [-0.4, -0.2) is 17.3 Å². The molecule has 0 heterocycles. The van der Waals surface area contributed by atoms with Crippen LogP contribution in [0.15, 0.2) is 41.9 Å². The first-order chi connectivity index (χ1) is 9.39. The van der Waals surface area contributed by atoms with E-state index in [2.05, 4.69) is 20.8 Å². The van der Waals surface area contributed by atoms with Crippen LogP contribution in [0.3, 0.4) is 0 Å². The van der Waals surface area contributed by atoms with Crippen LogP contribution in [0, 0.1) is 11.3 Å². The average Bonchev–Trinajstić information content (AvgIpc) is 2.42. The maximum atomic E-state index is 10.4. The Kier molecular flexibility index (Phi) is 3.80. The molecule has 0 radical (unpaired) electrons. The second kappa shape index (κ2) is 5.23. The molecule has 1 aliphatic rings. The van der Waals surface area contributed by atoms with Crippen LogP contribution in [0.1, 0.15) is 32.8 Å². The molecule has 1 aromatic rings. The van der Waals surface area contributed by atoms with Crippen molar-refractivity contribution in [3.05, 3.63) is 47.4 Å². The van der Waals surface area contributed by atoms with Gasteiger partial charge in [-0.15, -0.1) is 0 Å².